The van der Waals surface area contributed by atoms with Crippen LogP contribution in [0.5, 0.6) is 0 Å². The number of aryl methyl sites for hydroxylation is 1. The number of anilines is 2. The molecule has 1 fully saturated rings. The maximum Gasteiger partial charge on any atom is 0.291 e. The van der Waals surface area contributed by atoms with Crippen molar-refractivity contribution in [3.63, 3.8) is 0 Å². The topological polar surface area (TPSA) is 65.8 Å². The lowest BCUT2D eigenvalue weighted by Gasteiger charge is -2.36. The summed E-state index contributed by atoms with van der Waals surface area (Å²) in [5, 5.41) is 3.79. The van der Waals surface area contributed by atoms with Gasteiger partial charge < -0.3 is 19.5 Å². The van der Waals surface area contributed by atoms with Gasteiger partial charge in [-0.05, 0) is 55.5 Å². The first-order chi connectivity index (χ1) is 16.1. The standard InChI is InChI=1S/C27H25N3O3/c1-19-6-8-20(9-7-19)27(32)30-16-14-29(15-17-30)23-12-10-22(11-13-23)28-26(31)25-18-21-4-2-3-5-24(21)33-25/h2-13,18H,14-17H2,1H3,(H,28,31). The number of nitrogens with one attached hydrogen (secondary N) is 1. The first-order valence-electron chi connectivity index (χ1n) is 11.1. The third-order valence-corrected chi connectivity index (χ3v) is 6.01. The van der Waals surface area contributed by atoms with E-state index in [4.69, 9.17) is 4.42 Å². The summed E-state index contributed by atoms with van der Waals surface area (Å²) in [6.45, 7) is 4.90. The van der Waals surface area contributed by atoms with Crippen LogP contribution in [-0.2, 0) is 0 Å². The Bertz CT molecular complexity index is 1250. The second-order valence-corrected chi connectivity index (χ2v) is 8.29. The predicted octanol–water partition coefficient (Wildman–Crippen LogP) is 4.96. The number of fused-ring (bicyclic) bond motifs is 1. The molecule has 0 spiro atoms. The molecule has 0 bridgehead atoms. The fourth-order valence-electron chi connectivity index (χ4n) is 4.09. The van der Waals surface area contributed by atoms with Crippen LogP contribution in [0.2, 0.25) is 0 Å². The van der Waals surface area contributed by atoms with E-state index in [1.54, 1.807) is 6.07 Å². The lowest BCUT2D eigenvalue weighted by molar-refractivity contribution is 0.0746. The molecule has 1 aliphatic heterocycles. The molecule has 6 heteroatoms. The molecule has 166 valence electrons. The van der Waals surface area contributed by atoms with Gasteiger partial charge in [-0.1, -0.05) is 35.9 Å². The Hall–Kier alpha value is -4.06. The van der Waals surface area contributed by atoms with Crippen LogP contribution < -0.4 is 10.2 Å². The Labute approximate surface area is 192 Å². The number of benzene rings is 3. The number of para-hydroxylation sites is 1. The Morgan fingerprint density at radius 2 is 1.55 bits per heavy atom. The molecule has 4 aromatic rings. The number of carbonyl (C=O) groups excluding carboxylic acids is 2. The zero-order chi connectivity index (χ0) is 22.8. The second-order valence-electron chi connectivity index (χ2n) is 8.29. The molecule has 0 atom stereocenters. The Morgan fingerprint density at radius 1 is 0.848 bits per heavy atom. The Kier molecular flexibility index (Phi) is 5.57. The van der Waals surface area contributed by atoms with Gasteiger partial charge in [0.05, 0.1) is 0 Å². The van der Waals surface area contributed by atoms with Crippen molar-refractivity contribution in [3.8, 4) is 0 Å². The van der Waals surface area contributed by atoms with Crippen molar-refractivity contribution in [1.29, 1.82) is 0 Å². The fraction of sp³-hybridized carbons (Fsp3) is 0.185. The van der Waals surface area contributed by atoms with Crippen molar-refractivity contribution in [2.24, 2.45) is 0 Å². The van der Waals surface area contributed by atoms with E-state index in [-0.39, 0.29) is 17.6 Å². The van der Waals surface area contributed by atoms with Crippen LogP contribution in [0.4, 0.5) is 11.4 Å². The quantitative estimate of drug-likeness (QED) is 0.488. The summed E-state index contributed by atoms with van der Waals surface area (Å²) in [6, 6.07) is 24.8. The van der Waals surface area contributed by atoms with Gasteiger partial charge in [0.1, 0.15) is 5.58 Å². The molecule has 0 radical (unpaired) electrons. The van der Waals surface area contributed by atoms with E-state index in [9.17, 15) is 9.59 Å². The van der Waals surface area contributed by atoms with Crippen LogP contribution in [0.25, 0.3) is 11.0 Å². The maximum atomic E-state index is 12.7. The van der Waals surface area contributed by atoms with Gasteiger partial charge in [-0.25, -0.2) is 0 Å². The molecular weight excluding hydrogens is 414 g/mol. The lowest BCUT2D eigenvalue weighted by Crippen LogP contribution is -2.48. The van der Waals surface area contributed by atoms with Gasteiger partial charge in [-0.3, -0.25) is 9.59 Å². The molecule has 0 aliphatic carbocycles. The van der Waals surface area contributed by atoms with Crippen molar-refractivity contribution in [1.82, 2.24) is 4.90 Å². The van der Waals surface area contributed by atoms with Crippen LogP contribution in [-0.4, -0.2) is 42.9 Å². The Balaban J connectivity index is 1.18. The van der Waals surface area contributed by atoms with Gasteiger partial charge in [0.25, 0.3) is 11.8 Å². The molecule has 33 heavy (non-hydrogen) atoms. The second kappa shape index (κ2) is 8.82. The first-order valence-corrected chi connectivity index (χ1v) is 11.1. The van der Waals surface area contributed by atoms with Gasteiger partial charge in [-0.15, -0.1) is 0 Å². The summed E-state index contributed by atoms with van der Waals surface area (Å²) in [6.07, 6.45) is 0. The number of amides is 2. The molecule has 0 unspecified atom stereocenters. The molecule has 1 saturated heterocycles. The summed E-state index contributed by atoms with van der Waals surface area (Å²) in [4.78, 5) is 29.4. The molecular formula is C27H25N3O3. The minimum Gasteiger partial charge on any atom is -0.451 e. The monoisotopic (exact) mass is 439 g/mol. The average molecular weight is 440 g/mol. The number of furan rings is 1. The van der Waals surface area contributed by atoms with Crippen LogP contribution in [0.1, 0.15) is 26.5 Å². The van der Waals surface area contributed by atoms with Crippen molar-refractivity contribution in [3.05, 3.63) is 95.7 Å². The van der Waals surface area contributed by atoms with Gasteiger partial charge in [0.15, 0.2) is 5.76 Å². The van der Waals surface area contributed by atoms with E-state index in [1.165, 1.54) is 0 Å². The third-order valence-electron chi connectivity index (χ3n) is 6.01. The number of piperazine rings is 1. The molecule has 2 heterocycles. The normalized spacial score (nSPS) is 13.8. The highest BCUT2D eigenvalue weighted by Gasteiger charge is 2.22. The summed E-state index contributed by atoms with van der Waals surface area (Å²) >= 11 is 0. The van der Waals surface area contributed by atoms with E-state index in [1.807, 2.05) is 84.6 Å². The summed E-state index contributed by atoms with van der Waals surface area (Å²) in [7, 11) is 0. The predicted molar refractivity (Wildman–Crippen MR) is 130 cm³/mol. The van der Waals surface area contributed by atoms with Crippen molar-refractivity contribution in [2.45, 2.75) is 6.92 Å². The molecule has 0 saturated carbocycles. The van der Waals surface area contributed by atoms with Gasteiger partial charge in [-0.2, -0.15) is 0 Å². The van der Waals surface area contributed by atoms with Crippen molar-refractivity contribution in [2.75, 3.05) is 36.4 Å². The smallest absolute Gasteiger partial charge is 0.291 e. The molecule has 6 nitrogen and oxygen atoms in total. The molecule has 1 N–H and O–H groups in total. The fourth-order valence-corrected chi connectivity index (χ4v) is 4.09. The van der Waals surface area contributed by atoms with Crippen LogP contribution >= 0.6 is 0 Å². The van der Waals surface area contributed by atoms with Crippen molar-refractivity contribution < 1.29 is 14.0 Å². The molecule has 2 amide bonds. The highest BCUT2D eigenvalue weighted by molar-refractivity contribution is 6.04. The minimum absolute atomic E-state index is 0.0818. The van der Waals surface area contributed by atoms with E-state index < -0.39 is 0 Å². The van der Waals surface area contributed by atoms with Gasteiger partial charge in [0, 0.05) is 48.5 Å². The van der Waals surface area contributed by atoms with Crippen LogP contribution in [0.15, 0.2) is 83.3 Å². The van der Waals surface area contributed by atoms with Gasteiger partial charge in [0.2, 0.25) is 0 Å². The number of rotatable bonds is 4. The number of nitrogens with zero attached hydrogens (tertiary/aromatic N) is 2. The average Bonchev–Trinajstić information content (AvgIpc) is 3.29. The lowest BCUT2D eigenvalue weighted by atomic mass is 10.1. The summed E-state index contributed by atoms with van der Waals surface area (Å²) < 4.78 is 5.64. The maximum absolute atomic E-state index is 12.7. The van der Waals surface area contributed by atoms with E-state index in [0.717, 1.165) is 35.3 Å². The minimum atomic E-state index is -0.276. The highest BCUT2D eigenvalue weighted by atomic mass is 16.3. The van der Waals surface area contributed by atoms with E-state index in [0.29, 0.717) is 24.4 Å². The summed E-state index contributed by atoms with van der Waals surface area (Å²) in [5.74, 6) is 0.0927. The molecule has 1 aliphatic rings. The zero-order valence-corrected chi connectivity index (χ0v) is 18.5. The summed E-state index contributed by atoms with van der Waals surface area (Å²) in [5.41, 5.74) is 4.35. The molecule has 5 rings (SSSR count). The highest BCUT2D eigenvalue weighted by Crippen LogP contribution is 2.23. The Morgan fingerprint density at radius 3 is 2.24 bits per heavy atom. The van der Waals surface area contributed by atoms with E-state index >= 15 is 0 Å². The zero-order valence-electron chi connectivity index (χ0n) is 18.5. The first kappa shape index (κ1) is 20.8. The van der Waals surface area contributed by atoms with E-state index in [2.05, 4.69) is 10.2 Å². The number of hydrogen-bond donors (Lipinski definition) is 1. The van der Waals surface area contributed by atoms with Crippen LogP contribution in [0, 0.1) is 6.92 Å². The number of hydrogen-bond acceptors (Lipinski definition) is 4. The van der Waals surface area contributed by atoms with Crippen molar-refractivity contribution >= 4 is 34.2 Å². The molecule has 3 aromatic carbocycles. The molecule has 1 aromatic heterocycles. The van der Waals surface area contributed by atoms with Gasteiger partial charge >= 0.3 is 0 Å². The van der Waals surface area contributed by atoms with Crippen LogP contribution in [0.3, 0.4) is 0 Å². The third kappa shape index (κ3) is 4.46. The SMILES string of the molecule is Cc1ccc(C(=O)N2CCN(c3ccc(NC(=O)c4cc5ccccc5o4)cc3)CC2)cc1. The number of carbonyl (C=O) groups is 2. The largest absolute Gasteiger partial charge is 0.451 e.